The van der Waals surface area contributed by atoms with E-state index in [2.05, 4.69) is 25.3 Å². The van der Waals surface area contributed by atoms with Crippen molar-refractivity contribution in [1.29, 1.82) is 0 Å². The predicted octanol–water partition coefficient (Wildman–Crippen LogP) is 3.51. The number of rotatable bonds is 2. The normalized spacial score (nSPS) is 21.2. The molecule has 1 aromatic rings. The second-order valence-electron chi connectivity index (χ2n) is 7.08. The average Bonchev–Trinajstić information content (AvgIpc) is 2.84. The molecule has 0 radical (unpaired) electrons. The van der Waals surface area contributed by atoms with Gasteiger partial charge in [-0.25, -0.2) is 0 Å². The lowest BCUT2D eigenvalue weighted by atomic mass is 9.74. The summed E-state index contributed by atoms with van der Waals surface area (Å²) in [5.74, 6) is 2.25. The zero-order valence-corrected chi connectivity index (χ0v) is 17.2. The van der Waals surface area contributed by atoms with E-state index in [1.54, 1.807) is 0 Å². The van der Waals surface area contributed by atoms with E-state index >= 15 is 0 Å². The Morgan fingerprint density at radius 2 is 1.92 bits per heavy atom. The van der Waals surface area contributed by atoms with Gasteiger partial charge in [0.1, 0.15) is 0 Å². The predicted molar refractivity (Wildman–Crippen MR) is 106 cm³/mol. The van der Waals surface area contributed by atoms with Crippen molar-refractivity contribution in [2.75, 3.05) is 20.1 Å². The lowest BCUT2D eigenvalue weighted by Crippen LogP contribution is -2.50. The fourth-order valence-corrected chi connectivity index (χ4v) is 4.17. The van der Waals surface area contributed by atoms with Gasteiger partial charge in [-0.05, 0) is 38.0 Å². The summed E-state index contributed by atoms with van der Waals surface area (Å²) in [6.45, 7) is 4.60. The number of aryl methyl sites for hydroxylation is 1. The minimum atomic E-state index is 0. The van der Waals surface area contributed by atoms with Gasteiger partial charge in [-0.15, -0.1) is 24.0 Å². The summed E-state index contributed by atoms with van der Waals surface area (Å²) in [5, 5.41) is 7.22. The van der Waals surface area contributed by atoms with Gasteiger partial charge in [-0.3, -0.25) is 4.99 Å². The number of nitrogens with zero attached hydrogens (tertiary/aromatic N) is 4. The Hall–Kier alpha value is -0.860. The topological polar surface area (TPSA) is 66.5 Å². The summed E-state index contributed by atoms with van der Waals surface area (Å²) >= 11 is 0. The van der Waals surface area contributed by atoms with Crippen LogP contribution in [0, 0.1) is 12.3 Å². The quantitative estimate of drug-likeness (QED) is 0.427. The van der Waals surface area contributed by atoms with Gasteiger partial charge >= 0.3 is 0 Å². The third-order valence-electron chi connectivity index (χ3n) is 5.30. The molecule has 2 heterocycles. The molecule has 1 aliphatic heterocycles. The number of hydrogen-bond acceptors (Lipinski definition) is 4. The van der Waals surface area contributed by atoms with Gasteiger partial charge in [-0.1, -0.05) is 30.8 Å². The summed E-state index contributed by atoms with van der Waals surface area (Å²) in [6, 6.07) is 0. The molecule has 1 saturated heterocycles. The molecule has 1 aromatic heterocycles. The maximum atomic E-state index is 5.18. The smallest absolute Gasteiger partial charge is 0.246 e. The Labute approximate surface area is 161 Å². The van der Waals surface area contributed by atoms with Crippen molar-refractivity contribution in [3.05, 3.63) is 11.7 Å². The monoisotopic (exact) mass is 447 g/mol. The molecular weight excluding hydrogens is 417 g/mol. The highest BCUT2D eigenvalue weighted by molar-refractivity contribution is 14.0. The maximum Gasteiger partial charge on any atom is 0.246 e. The van der Waals surface area contributed by atoms with Crippen LogP contribution in [0.1, 0.15) is 63.1 Å². The molecule has 1 aliphatic carbocycles. The number of halogens is 1. The Bertz CT molecular complexity index is 537. The fourth-order valence-electron chi connectivity index (χ4n) is 4.17. The average molecular weight is 447 g/mol. The van der Waals surface area contributed by atoms with Gasteiger partial charge in [0, 0.05) is 20.1 Å². The van der Waals surface area contributed by atoms with E-state index in [-0.39, 0.29) is 24.0 Å². The molecule has 0 amide bonds. The van der Waals surface area contributed by atoms with Gasteiger partial charge in [0.15, 0.2) is 11.8 Å². The molecule has 0 atom stereocenters. The maximum absolute atomic E-state index is 5.18. The first-order chi connectivity index (χ1) is 11.2. The van der Waals surface area contributed by atoms with Crippen molar-refractivity contribution in [1.82, 2.24) is 20.4 Å². The van der Waals surface area contributed by atoms with Crippen molar-refractivity contribution in [2.24, 2.45) is 10.4 Å². The number of aliphatic imine (C=N–C) groups is 1. The van der Waals surface area contributed by atoms with Crippen LogP contribution < -0.4 is 5.32 Å². The van der Waals surface area contributed by atoms with Gasteiger partial charge in [0.2, 0.25) is 5.89 Å². The standard InChI is InChI=1S/C17H29N5O.HI/c1-14-20-15(23-21-14)12-19-16(18-2)22-11-7-10-17(13-22)8-5-3-4-6-9-17;/h3-13H2,1-2H3,(H,18,19);1H. The first kappa shape index (κ1) is 19.5. The van der Waals surface area contributed by atoms with Gasteiger partial charge < -0.3 is 14.7 Å². The van der Waals surface area contributed by atoms with Gasteiger partial charge in [0.05, 0.1) is 6.54 Å². The molecule has 7 heteroatoms. The number of nitrogens with one attached hydrogen (secondary N) is 1. The zero-order chi connectivity index (χ0) is 16.1. The Morgan fingerprint density at radius 3 is 2.54 bits per heavy atom. The number of guanidine groups is 1. The molecule has 136 valence electrons. The number of hydrogen-bond donors (Lipinski definition) is 1. The molecular formula is C17H30IN5O. The first-order valence-corrected chi connectivity index (χ1v) is 8.96. The summed E-state index contributed by atoms with van der Waals surface area (Å²) in [5.41, 5.74) is 0.507. The van der Waals surface area contributed by atoms with Crippen LogP contribution in [0.5, 0.6) is 0 Å². The zero-order valence-electron chi connectivity index (χ0n) is 14.9. The summed E-state index contributed by atoms with van der Waals surface area (Å²) in [4.78, 5) is 11.1. The van der Waals surface area contributed by atoms with Crippen LogP contribution in [-0.4, -0.2) is 41.1 Å². The lowest BCUT2D eigenvalue weighted by molar-refractivity contribution is 0.115. The summed E-state index contributed by atoms with van der Waals surface area (Å²) in [6.07, 6.45) is 11.0. The Morgan fingerprint density at radius 1 is 1.21 bits per heavy atom. The van der Waals surface area contributed by atoms with Crippen molar-refractivity contribution < 1.29 is 4.52 Å². The number of piperidine rings is 1. The second kappa shape index (κ2) is 9.01. The molecule has 3 rings (SSSR count). The molecule has 1 saturated carbocycles. The van der Waals surface area contributed by atoms with E-state index in [0.29, 0.717) is 23.7 Å². The molecule has 2 aliphatic rings. The molecule has 1 N–H and O–H groups in total. The SMILES string of the molecule is CN=C(NCc1nc(C)no1)N1CCCC2(CCCCCC2)C1.I. The van der Waals surface area contributed by atoms with Crippen molar-refractivity contribution in [3.8, 4) is 0 Å². The first-order valence-electron chi connectivity index (χ1n) is 8.96. The van der Waals surface area contributed by atoms with E-state index in [4.69, 9.17) is 4.52 Å². The van der Waals surface area contributed by atoms with Crippen molar-refractivity contribution in [3.63, 3.8) is 0 Å². The van der Waals surface area contributed by atoms with E-state index in [1.807, 2.05) is 14.0 Å². The third kappa shape index (κ3) is 4.83. The third-order valence-corrected chi connectivity index (χ3v) is 5.30. The molecule has 1 spiro atoms. The molecule has 0 bridgehead atoms. The van der Waals surface area contributed by atoms with Crippen LogP contribution in [0.2, 0.25) is 0 Å². The molecule has 6 nitrogen and oxygen atoms in total. The van der Waals surface area contributed by atoms with E-state index in [0.717, 1.165) is 19.0 Å². The highest BCUT2D eigenvalue weighted by Gasteiger charge is 2.36. The van der Waals surface area contributed by atoms with Crippen LogP contribution in [0.15, 0.2) is 9.52 Å². The highest BCUT2D eigenvalue weighted by atomic mass is 127. The number of aromatic nitrogens is 2. The molecule has 24 heavy (non-hydrogen) atoms. The fraction of sp³-hybridized carbons (Fsp3) is 0.824. The van der Waals surface area contributed by atoms with E-state index < -0.39 is 0 Å². The Kier molecular flexibility index (Phi) is 7.31. The minimum Gasteiger partial charge on any atom is -0.347 e. The van der Waals surface area contributed by atoms with Crippen LogP contribution in [0.25, 0.3) is 0 Å². The van der Waals surface area contributed by atoms with Crippen LogP contribution >= 0.6 is 24.0 Å². The van der Waals surface area contributed by atoms with Crippen LogP contribution in [0.3, 0.4) is 0 Å². The highest BCUT2D eigenvalue weighted by Crippen LogP contribution is 2.42. The van der Waals surface area contributed by atoms with Gasteiger partial charge in [0.25, 0.3) is 0 Å². The molecule has 0 aromatic carbocycles. The van der Waals surface area contributed by atoms with Gasteiger partial charge in [-0.2, -0.15) is 4.98 Å². The summed E-state index contributed by atoms with van der Waals surface area (Å²) in [7, 11) is 1.86. The van der Waals surface area contributed by atoms with Crippen molar-refractivity contribution in [2.45, 2.75) is 64.8 Å². The second-order valence-corrected chi connectivity index (χ2v) is 7.08. The Balaban J connectivity index is 0.00000208. The summed E-state index contributed by atoms with van der Waals surface area (Å²) < 4.78 is 5.18. The minimum absolute atomic E-state index is 0. The van der Waals surface area contributed by atoms with Crippen LogP contribution in [0.4, 0.5) is 0 Å². The van der Waals surface area contributed by atoms with E-state index in [1.165, 1.54) is 51.4 Å². The lowest BCUT2D eigenvalue weighted by Gasteiger charge is -2.44. The van der Waals surface area contributed by atoms with E-state index in [9.17, 15) is 0 Å². The molecule has 0 unspecified atom stereocenters. The number of likely N-dealkylation sites (tertiary alicyclic amines) is 1. The largest absolute Gasteiger partial charge is 0.347 e. The van der Waals surface area contributed by atoms with Crippen molar-refractivity contribution >= 4 is 29.9 Å². The molecule has 2 fully saturated rings. The van der Waals surface area contributed by atoms with Crippen LogP contribution in [-0.2, 0) is 6.54 Å².